The molecule has 2 amide bonds. The van der Waals surface area contributed by atoms with E-state index < -0.39 is 16.7 Å². The predicted molar refractivity (Wildman–Crippen MR) is 98.0 cm³/mol. The molecule has 0 saturated carbocycles. The molecule has 0 aliphatic rings. The highest BCUT2D eigenvalue weighted by molar-refractivity contribution is 6.39. The van der Waals surface area contributed by atoms with Crippen LogP contribution in [-0.2, 0) is 9.59 Å². The number of nitrogens with zero attached hydrogens (tertiary/aromatic N) is 2. The lowest BCUT2D eigenvalue weighted by molar-refractivity contribution is -0.384. The first kappa shape index (κ1) is 18.8. The number of nitrogens with one attached hydrogen (secondary N) is 2. The third-order valence-electron chi connectivity index (χ3n) is 3.77. The fourth-order valence-electron chi connectivity index (χ4n) is 2.10. The Morgan fingerprint density at radius 3 is 2.42 bits per heavy atom. The lowest BCUT2D eigenvalue weighted by Crippen LogP contribution is -2.33. The van der Waals surface area contributed by atoms with Crippen LogP contribution >= 0.6 is 0 Å². The smallest absolute Gasteiger partial charge is 0.318 e. The van der Waals surface area contributed by atoms with Crippen LogP contribution in [0.5, 0.6) is 0 Å². The lowest BCUT2D eigenvalue weighted by atomic mass is 10.1. The summed E-state index contributed by atoms with van der Waals surface area (Å²) in [6.45, 7) is 5.41. The molecule has 8 heteroatoms. The Morgan fingerprint density at radius 2 is 1.77 bits per heavy atom. The maximum Gasteiger partial charge on any atom is 0.329 e. The minimum Gasteiger partial charge on any atom is -0.318 e. The molecule has 0 heterocycles. The molecule has 0 saturated heterocycles. The SMILES string of the molecule is C/C(=N\NC(=O)C(=O)Nc1ccc(C)c(C)c1)c1cccc([N+](=O)[O-])c1. The van der Waals surface area contributed by atoms with Gasteiger partial charge in [0.1, 0.15) is 0 Å². The van der Waals surface area contributed by atoms with Crippen LogP contribution in [0.3, 0.4) is 0 Å². The molecule has 0 unspecified atom stereocenters. The van der Waals surface area contributed by atoms with Gasteiger partial charge in [0.25, 0.3) is 5.69 Å². The van der Waals surface area contributed by atoms with Crippen LogP contribution < -0.4 is 10.7 Å². The topological polar surface area (TPSA) is 114 Å². The van der Waals surface area contributed by atoms with Crippen LogP contribution in [0.2, 0.25) is 0 Å². The highest BCUT2D eigenvalue weighted by atomic mass is 16.6. The van der Waals surface area contributed by atoms with Crippen molar-refractivity contribution in [1.29, 1.82) is 0 Å². The Labute approximate surface area is 150 Å². The van der Waals surface area contributed by atoms with E-state index in [0.29, 0.717) is 17.0 Å². The van der Waals surface area contributed by atoms with Crippen molar-refractivity contribution in [3.63, 3.8) is 0 Å². The third kappa shape index (κ3) is 4.73. The normalized spacial score (nSPS) is 11.0. The number of amides is 2. The van der Waals surface area contributed by atoms with Crippen molar-refractivity contribution >= 4 is 28.9 Å². The van der Waals surface area contributed by atoms with Crippen molar-refractivity contribution in [2.24, 2.45) is 5.10 Å². The molecule has 26 heavy (non-hydrogen) atoms. The number of carbonyl (C=O) groups excluding carboxylic acids is 2. The van der Waals surface area contributed by atoms with E-state index in [4.69, 9.17) is 0 Å². The van der Waals surface area contributed by atoms with Crippen molar-refractivity contribution in [2.75, 3.05) is 5.32 Å². The second-order valence-corrected chi connectivity index (χ2v) is 5.70. The molecule has 0 atom stereocenters. The van der Waals surface area contributed by atoms with Crippen LogP contribution in [0.15, 0.2) is 47.6 Å². The van der Waals surface area contributed by atoms with Crippen molar-refractivity contribution in [3.05, 3.63) is 69.3 Å². The molecule has 0 spiro atoms. The van der Waals surface area contributed by atoms with E-state index in [1.807, 2.05) is 19.9 Å². The highest BCUT2D eigenvalue weighted by Gasteiger charge is 2.14. The molecule has 0 aromatic heterocycles. The first-order valence-electron chi connectivity index (χ1n) is 7.75. The minimum atomic E-state index is -0.937. The summed E-state index contributed by atoms with van der Waals surface area (Å²) in [6, 6.07) is 11.1. The van der Waals surface area contributed by atoms with Gasteiger partial charge in [0.15, 0.2) is 0 Å². The molecular formula is C18H18N4O4. The third-order valence-corrected chi connectivity index (χ3v) is 3.77. The van der Waals surface area contributed by atoms with E-state index in [1.54, 1.807) is 25.1 Å². The summed E-state index contributed by atoms with van der Waals surface area (Å²) in [5.41, 5.74) is 5.43. The van der Waals surface area contributed by atoms with E-state index in [1.165, 1.54) is 18.2 Å². The molecule has 0 radical (unpaired) electrons. The number of hydrogen-bond donors (Lipinski definition) is 2. The number of hydrazone groups is 1. The highest BCUT2D eigenvalue weighted by Crippen LogP contribution is 2.14. The molecule has 0 aliphatic heterocycles. The summed E-state index contributed by atoms with van der Waals surface area (Å²) in [6.07, 6.45) is 0. The minimum absolute atomic E-state index is 0.0872. The number of anilines is 1. The van der Waals surface area contributed by atoms with E-state index in [9.17, 15) is 19.7 Å². The predicted octanol–water partition coefficient (Wildman–Crippen LogP) is 2.69. The van der Waals surface area contributed by atoms with Crippen LogP contribution in [0.1, 0.15) is 23.6 Å². The first-order valence-corrected chi connectivity index (χ1v) is 7.75. The van der Waals surface area contributed by atoms with Gasteiger partial charge in [0.05, 0.1) is 10.6 Å². The average Bonchev–Trinajstić information content (AvgIpc) is 2.62. The van der Waals surface area contributed by atoms with Crippen molar-refractivity contribution in [2.45, 2.75) is 20.8 Å². The zero-order chi connectivity index (χ0) is 19.3. The monoisotopic (exact) mass is 354 g/mol. The molecule has 2 rings (SSSR count). The van der Waals surface area contributed by atoms with Gasteiger partial charge >= 0.3 is 11.8 Å². The number of hydrogen-bond acceptors (Lipinski definition) is 5. The number of aryl methyl sites for hydroxylation is 2. The Bertz CT molecular complexity index is 906. The molecule has 2 aromatic rings. The molecule has 0 aliphatic carbocycles. The summed E-state index contributed by atoms with van der Waals surface area (Å²) in [5.74, 6) is -1.79. The number of rotatable bonds is 4. The van der Waals surface area contributed by atoms with Crippen LogP contribution in [0.4, 0.5) is 11.4 Å². The maximum absolute atomic E-state index is 11.9. The van der Waals surface area contributed by atoms with Gasteiger partial charge in [-0.15, -0.1) is 0 Å². The molecule has 0 bridgehead atoms. The number of nitro groups is 1. The van der Waals surface area contributed by atoms with Crippen LogP contribution in [-0.4, -0.2) is 22.4 Å². The van der Waals surface area contributed by atoms with Crippen molar-refractivity contribution in [1.82, 2.24) is 5.43 Å². The quantitative estimate of drug-likeness (QED) is 0.380. The van der Waals surface area contributed by atoms with Gasteiger partial charge in [-0.05, 0) is 44.0 Å². The van der Waals surface area contributed by atoms with Crippen molar-refractivity contribution < 1.29 is 14.5 Å². The van der Waals surface area contributed by atoms with Gasteiger partial charge in [-0.25, -0.2) is 5.43 Å². The number of non-ortho nitro benzene ring substituents is 1. The summed E-state index contributed by atoms with van der Waals surface area (Å²) in [4.78, 5) is 34.1. The standard InChI is InChI=1S/C18H18N4O4/c1-11-7-8-15(9-12(11)2)19-17(23)18(24)21-20-13(3)14-5-4-6-16(10-14)22(25)26/h4-10H,1-3H3,(H,19,23)(H,21,24)/b20-13+. The van der Waals surface area contributed by atoms with E-state index >= 15 is 0 Å². The molecule has 134 valence electrons. The Balaban J connectivity index is 2.03. The number of nitro benzene ring substituents is 1. The van der Waals surface area contributed by atoms with Gasteiger partial charge in [0, 0.05) is 23.4 Å². The second kappa shape index (κ2) is 8.02. The molecule has 8 nitrogen and oxygen atoms in total. The molecule has 2 N–H and O–H groups in total. The summed E-state index contributed by atoms with van der Waals surface area (Å²) in [5, 5.41) is 17.1. The zero-order valence-electron chi connectivity index (χ0n) is 14.6. The Kier molecular flexibility index (Phi) is 5.79. The Morgan fingerprint density at radius 1 is 1.04 bits per heavy atom. The largest absolute Gasteiger partial charge is 0.329 e. The van der Waals surface area contributed by atoms with Gasteiger partial charge in [-0.2, -0.15) is 5.10 Å². The van der Waals surface area contributed by atoms with Gasteiger partial charge in [0.2, 0.25) is 0 Å². The maximum atomic E-state index is 11.9. The van der Waals surface area contributed by atoms with E-state index in [-0.39, 0.29) is 5.69 Å². The van der Waals surface area contributed by atoms with Crippen LogP contribution in [0, 0.1) is 24.0 Å². The van der Waals surface area contributed by atoms with Gasteiger partial charge in [-0.3, -0.25) is 19.7 Å². The van der Waals surface area contributed by atoms with Gasteiger partial charge < -0.3 is 5.32 Å². The molecular weight excluding hydrogens is 336 g/mol. The summed E-state index contributed by atoms with van der Waals surface area (Å²) in [7, 11) is 0. The average molecular weight is 354 g/mol. The number of benzene rings is 2. The van der Waals surface area contributed by atoms with Crippen LogP contribution in [0.25, 0.3) is 0 Å². The fourth-order valence-corrected chi connectivity index (χ4v) is 2.10. The second-order valence-electron chi connectivity index (χ2n) is 5.70. The zero-order valence-corrected chi connectivity index (χ0v) is 14.6. The Hall–Kier alpha value is -3.55. The van der Waals surface area contributed by atoms with Gasteiger partial charge in [-0.1, -0.05) is 18.2 Å². The van der Waals surface area contributed by atoms with E-state index in [2.05, 4.69) is 15.8 Å². The molecule has 0 fully saturated rings. The number of carbonyl (C=O) groups is 2. The molecule has 2 aromatic carbocycles. The van der Waals surface area contributed by atoms with E-state index in [0.717, 1.165) is 11.1 Å². The van der Waals surface area contributed by atoms with Crippen molar-refractivity contribution in [3.8, 4) is 0 Å². The lowest BCUT2D eigenvalue weighted by Gasteiger charge is -2.07. The fraction of sp³-hybridized carbons (Fsp3) is 0.167. The first-order chi connectivity index (χ1) is 12.3. The summed E-state index contributed by atoms with van der Waals surface area (Å²) < 4.78 is 0. The summed E-state index contributed by atoms with van der Waals surface area (Å²) >= 11 is 0.